The van der Waals surface area contributed by atoms with E-state index in [2.05, 4.69) is 34.4 Å². The average Bonchev–Trinajstić information content (AvgIpc) is 2.85. The lowest BCUT2D eigenvalue weighted by atomic mass is 10.1. The van der Waals surface area contributed by atoms with Gasteiger partial charge in [0, 0.05) is 19.3 Å². The molecular weight excluding hydrogens is 475 g/mol. The van der Waals surface area contributed by atoms with E-state index in [1.54, 1.807) is 25.3 Å². The first-order valence-corrected chi connectivity index (χ1v) is 11.4. The molecule has 2 rings (SSSR count). The van der Waals surface area contributed by atoms with Crippen molar-refractivity contribution in [2.45, 2.75) is 20.0 Å². The summed E-state index contributed by atoms with van der Waals surface area (Å²) in [5, 5.41) is 5.62. The van der Waals surface area contributed by atoms with E-state index >= 15 is 0 Å². The van der Waals surface area contributed by atoms with E-state index in [0.29, 0.717) is 30.1 Å². The summed E-state index contributed by atoms with van der Waals surface area (Å²) in [6.07, 6.45) is -2.37. The number of amidine groups is 1. The second-order valence-electron chi connectivity index (χ2n) is 7.59. The number of carbonyl (C=O) groups excluding carboxylic acids is 1. The number of methoxy groups -OCH3 is 1. The molecule has 0 unspecified atom stereocenters. The Balaban J connectivity index is 2.36. The van der Waals surface area contributed by atoms with Gasteiger partial charge in [-0.25, -0.2) is 0 Å². The molecule has 2 aromatic carbocycles. The minimum atomic E-state index is -4.64. The predicted molar refractivity (Wildman–Crippen MR) is 135 cm³/mol. The van der Waals surface area contributed by atoms with Crippen LogP contribution in [0.5, 0.6) is 17.2 Å². The van der Waals surface area contributed by atoms with Gasteiger partial charge in [0.1, 0.15) is 11.3 Å². The first-order valence-electron chi connectivity index (χ1n) is 11.4. The lowest BCUT2D eigenvalue weighted by molar-refractivity contribution is -0.138. The minimum absolute atomic E-state index is 0.0276. The highest BCUT2D eigenvalue weighted by Gasteiger charge is 2.35. The number of hydrogen-bond donors (Lipinski definition) is 3. The molecule has 0 aliphatic rings. The Bertz CT molecular complexity index is 1080. The number of benzene rings is 2. The van der Waals surface area contributed by atoms with Crippen LogP contribution in [0, 0.1) is 0 Å². The normalized spacial score (nSPS) is 12.4. The molecule has 0 atom stereocenters. The van der Waals surface area contributed by atoms with Gasteiger partial charge >= 0.3 is 6.18 Å². The summed E-state index contributed by atoms with van der Waals surface area (Å²) < 4.78 is 51.3. The van der Waals surface area contributed by atoms with Crippen LogP contribution in [0.3, 0.4) is 0 Å². The molecule has 36 heavy (non-hydrogen) atoms. The molecule has 1 amide bonds. The van der Waals surface area contributed by atoms with Crippen LogP contribution < -0.4 is 25.8 Å². The van der Waals surface area contributed by atoms with Crippen LogP contribution in [0.4, 0.5) is 18.9 Å². The molecule has 8 nitrogen and oxygen atoms in total. The number of likely N-dealkylation sites (N-methyl/N-ethyl adjacent to an activating group) is 2. The number of hydrogen-bond acceptors (Lipinski definition) is 7. The van der Waals surface area contributed by atoms with Crippen molar-refractivity contribution in [3.05, 3.63) is 53.2 Å². The van der Waals surface area contributed by atoms with Gasteiger partial charge in [0.15, 0.2) is 17.3 Å². The average molecular weight is 508 g/mol. The second kappa shape index (κ2) is 13.4. The van der Waals surface area contributed by atoms with Gasteiger partial charge in [-0.1, -0.05) is 19.9 Å². The number of alkyl halides is 3. The monoisotopic (exact) mass is 507 g/mol. The van der Waals surface area contributed by atoms with Gasteiger partial charge in [0.2, 0.25) is 6.41 Å². The van der Waals surface area contributed by atoms with Gasteiger partial charge in [-0.15, -0.1) is 0 Å². The summed E-state index contributed by atoms with van der Waals surface area (Å²) in [4.78, 5) is 17.9. The number of nitrogens with two attached hydrogens (primary N) is 1. The number of halogens is 3. The maximum atomic E-state index is 13.4. The van der Waals surface area contributed by atoms with E-state index in [1.807, 2.05) is 0 Å². The Kier molecular flexibility index (Phi) is 10.6. The fourth-order valence-electron chi connectivity index (χ4n) is 3.37. The number of nitrogen functional groups attached to an aromatic ring is 1. The summed E-state index contributed by atoms with van der Waals surface area (Å²) in [6, 6.07) is 8.06. The third-order valence-corrected chi connectivity index (χ3v) is 5.33. The molecular formula is C25H32F3N5O3. The summed E-state index contributed by atoms with van der Waals surface area (Å²) in [6.45, 7) is 7.14. The molecule has 0 bridgehead atoms. The van der Waals surface area contributed by atoms with E-state index in [0.717, 1.165) is 31.8 Å². The molecule has 0 radical (unpaired) electrons. The van der Waals surface area contributed by atoms with Gasteiger partial charge in [0.25, 0.3) is 0 Å². The number of aliphatic imine (C=N–C) groups is 1. The molecule has 0 aromatic heterocycles. The zero-order valence-corrected chi connectivity index (χ0v) is 20.8. The molecule has 0 heterocycles. The van der Waals surface area contributed by atoms with Crippen LogP contribution in [-0.4, -0.2) is 57.5 Å². The number of nitrogens with one attached hydrogen (secondary N) is 2. The number of nitrogens with zero attached hydrogens (tertiary/aromatic N) is 2. The lowest BCUT2D eigenvalue weighted by Gasteiger charge is -2.17. The molecule has 0 saturated heterocycles. The summed E-state index contributed by atoms with van der Waals surface area (Å²) in [7, 11) is 3.07. The first-order chi connectivity index (χ1) is 17.2. The van der Waals surface area contributed by atoms with Crippen molar-refractivity contribution < 1.29 is 27.4 Å². The highest BCUT2D eigenvalue weighted by molar-refractivity contribution is 6.06. The van der Waals surface area contributed by atoms with Crippen LogP contribution in [0.25, 0.3) is 6.08 Å². The highest BCUT2D eigenvalue weighted by Crippen LogP contribution is 2.41. The largest absolute Gasteiger partial charge is 0.493 e. The maximum Gasteiger partial charge on any atom is 0.420 e. The number of ether oxygens (including phenoxy) is 2. The van der Waals surface area contributed by atoms with Gasteiger partial charge in [-0.05, 0) is 55.1 Å². The maximum absolute atomic E-state index is 13.4. The lowest BCUT2D eigenvalue weighted by Crippen LogP contribution is -2.31. The Morgan fingerprint density at radius 3 is 2.39 bits per heavy atom. The third kappa shape index (κ3) is 7.91. The Morgan fingerprint density at radius 1 is 1.11 bits per heavy atom. The number of anilines is 1. The second-order valence-corrected chi connectivity index (χ2v) is 7.59. The van der Waals surface area contributed by atoms with E-state index < -0.39 is 17.5 Å². The molecule has 0 spiro atoms. The predicted octanol–water partition coefficient (Wildman–Crippen LogP) is 4.14. The molecule has 196 valence electrons. The van der Waals surface area contributed by atoms with Crippen molar-refractivity contribution in [2.24, 2.45) is 4.99 Å². The molecule has 0 saturated carbocycles. The van der Waals surface area contributed by atoms with Crippen LogP contribution in [0.15, 0.2) is 47.1 Å². The Labute approximate surface area is 209 Å². The molecule has 0 aliphatic heterocycles. The van der Waals surface area contributed by atoms with Crippen LogP contribution in [-0.2, 0) is 11.0 Å². The zero-order chi connectivity index (χ0) is 26.7. The fourth-order valence-corrected chi connectivity index (χ4v) is 3.37. The Hall–Kier alpha value is -3.73. The van der Waals surface area contributed by atoms with Gasteiger partial charge in [0.05, 0.1) is 19.4 Å². The Morgan fingerprint density at radius 2 is 1.81 bits per heavy atom. The number of carbonyl (C=O) groups is 1. The standard InChI is InChI=1S/C25H32F3N5O3/c1-5-33(6-2)12-11-31-24(32-16-34)20(30-3)13-17-7-9-22(23(14-17)35-4)36-21-10-8-18(29)15-19(21)25(26,27)28/h7-10,13-16,30H,5-6,11-12,29H2,1-4H3,(H,31,32,34)/b20-13-. The molecule has 4 N–H and O–H groups in total. The van der Waals surface area contributed by atoms with E-state index in [1.165, 1.54) is 19.2 Å². The first kappa shape index (κ1) is 28.5. The van der Waals surface area contributed by atoms with Crippen molar-refractivity contribution in [3.63, 3.8) is 0 Å². The molecule has 0 fully saturated rings. The van der Waals surface area contributed by atoms with Crippen LogP contribution in [0.1, 0.15) is 25.0 Å². The smallest absolute Gasteiger partial charge is 0.420 e. The van der Waals surface area contributed by atoms with E-state index in [4.69, 9.17) is 15.2 Å². The van der Waals surface area contributed by atoms with Crippen LogP contribution >= 0.6 is 0 Å². The van der Waals surface area contributed by atoms with Crippen molar-refractivity contribution >= 4 is 24.0 Å². The van der Waals surface area contributed by atoms with Crippen LogP contribution in [0.2, 0.25) is 0 Å². The fraction of sp³-hybridized carbons (Fsp3) is 0.360. The van der Waals surface area contributed by atoms with E-state index in [9.17, 15) is 18.0 Å². The van der Waals surface area contributed by atoms with Crippen molar-refractivity contribution in [2.75, 3.05) is 46.1 Å². The molecule has 2 aromatic rings. The van der Waals surface area contributed by atoms with Crippen molar-refractivity contribution in [3.8, 4) is 17.2 Å². The van der Waals surface area contributed by atoms with Gasteiger partial charge < -0.3 is 30.7 Å². The summed E-state index contributed by atoms with van der Waals surface area (Å²) in [5.41, 5.74) is 5.69. The summed E-state index contributed by atoms with van der Waals surface area (Å²) in [5.74, 6) is 0.269. The van der Waals surface area contributed by atoms with Crippen molar-refractivity contribution in [1.29, 1.82) is 0 Å². The van der Waals surface area contributed by atoms with Crippen molar-refractivity contribution in [1.82, 2.24) is 15.5 Å². The molecule has 0 aliphatic carbocycles. The SMILES string of the molecule is CCN(CC)CCN=C(NC=O)/C(=C/c1ccc(Oc2ccc(N)cc2C(F)(F)F)c(OC)c1)NC. The number of amides is 1. The molecule has 11 heteroatoms. The van der Waals surface area contributed by atoms with Gasteiger partial charge in [-0.2, -0.15) is 13.2 Å². The quantitative estimate of drug-likeness (QED) is 0.173. The highest BCUT2D eigenvalue weighted by atomic mass is 19.4. The topological polar surface area (TPSA) is 101 Å². The minimum Gasteiger partial charge on any atom is -0.493 e. The van der Waals surface area contributed by atoms with E-state index in [-0.39, 0.29) is 17.2 Å². The zero-order valence-electron chi connectivity index (χ0n) is 20.8. The number of rotatable bonds is 12. The summed E-state index contributed by atoms with van der Waals surface area (Å²) >= 11 is 0. The van der Waals surface area contributed by atoms with Gasteiger partial charge in [-0.3, -0.25) is 9.79 Å². The third-order valence-electron chi connectivity index (χ3n) is 5.33.